The minimum Gasteiger partial charge on any atom is -0.352 e. The number of aromatic nitrogens is 2. The summed E-state index contributed by atoms with van der Waals surface area (Å²) in [6, 6.07) is 11.9. The number of nitrogens with zero attached hydrogens (tertiary/aromatic N) is 1. The Morgan fingerprint density at radius 1 is 1.23 bits per heavy atom. The number of carbonyl (C=O) groups excluding carboxylic acids is 1. The van der Waals surface area contributed by atoms with Gasteiger partial charge >= 0.3 is 0 Å². The van der Waals surface area contributed by atoms with E-state index < -0.39 is 0 Å². The lowest BCUT2D eigenvalue weighted by Crippen LogP contribution is -2.22. The molecule has 134 valence electrons. The SMILES string of the molecule is Cc1cc(CNC(=O)CCCc2nc3ccccc3c(=O)[nH]2)ccc1F. The van der Waals surface area contributed by atoms with Gasteiger partial charge in [0.2, 0.25) is 5.91 Å². The Balaban J connectivity index is 1.50. The first-order chi connectivity index (χ1) is 12.5. The van der Waals surface area contributed by atoms with Gasteiger partial charge in [0.25, 0.3) is 5.56 Å². The molecule has 2 aromatic carbocycles. The molecule has 0 aliphatic rings. The van der Waals surface area contributed by atoms with E-state index in [-0.39, 0.29) is 17.3 Å². The van der Waals surface area contributed by atoms with Gasteiger partial charge < -0.3 is 10.3 Å². The number of hydrogen-bond donors (Lipinski definition) is 2. The highest BCUT2D eigenvalue weighted by Crippen LogP contribution is 2.10. The van der Waals surface area contributed by atoms with Crippen LogP contribution in [-0.2, 0) is 17.8 Å². The normalized spacial score (nSPS) is 10.8. The van der Waals surface area contributed by atoms with Gasteiger partial charge in [0.05, 0.1) is 10.9 Å². The largest absolute Gasteiger partial charge is 0.352 e. The Bertz CT molecular complexity index is 998. The average Bonchev–Trinajstić information content (AvgIpc) is 2.63. The molecule has 0 radical (unpaired) electrons. The minimum atomic E-state index is -0.253. The smallest absolute Gasteiger partial charge is 0.258 e. The van der Waals surface area contributed by atoms with Gasteiger partial charge in [-0.1, -0.05) is 24.3 Å². The molecule has 26 heavy (non-hydrogen) atoms. The summed E-state index contributed by atoms with van der Waals surface area (Å²) >= 11 is 0. The number of rotatable bonds is 6. The van der Waals surface area contributed by atoms with Crippen LogP contribution in [0.1, 0.15) is 29.8 Å². The van der Waals surface area contributed by atoms with Crippen molar-refractivity contribution < 1.29 is 9.18 Å². The van der Waals surface area contributed by atoms with Crippen molar-refractivity contribution in [3.05, 3.63) is 75.6 Å². The molecule has 0 unspecified atom stereocenters. The van der Waals surface area contributed by atoms with Crippen molar-refractivity contribution in [2.45, 2.75) is 32.7 Å². The van der Waals surface area contributed by atoms with Gasteiger partial charge in [0.15, 0.2) is 0 Å². The van der Waals surface area contributed by atoms with E-state index in [2.05, 4.69) is 15.3 Å². The van der Waals surface area contributed by atoms with Gasteiger partial charge in [0, 0.05) is 19.4 Å². The van der Waals surface area contributed by atoms with E-state index in [0.717, 1.165) is 5.56 Å². The van der Waals surface area contributed by atoms with E-state index in [0.29, 0.717) is 48.1 Å². The van der Waals surface area contributed by atoms with Crippen molar-refractivity contribution in [3.63, 3.8) is 0 Å². The molecule has 0 bridgehead atoms. The fourth-order valence-corrected chi connectivity index (χ4v) is 2.78. The predicted octanol–water partition coefficient (Wildman–Crippen LogP) is 3.01. The molecule has 0 atom stereocenters. The Morgan fingerprint density at radius 3 is 2.85 bits per heavy atom. The molecule has 0 aliphatic heterocycles. The number of aryl methyl sites for hydroxylation is 2. The van der Waals surface area contributed by atoms with Crippen LogP contribution in [0.15, 0.2) is 47.3 Å². The molecule has 3 rings (SSSR count). The molecule has 5 nitrogen and oxygen atoms in total. The zero-order valence-corrected chi connectivity index (χ0v) is 14.5. The van der Waals surface area contributed by atoms with E-state index in [4.69, 9.17) is 0 Å². The Hall–Kier alpha value is -3.02. The van der Waals surface area contributed by atoms with Gasteiger partial charge in [-0.3, -0.25) is 9.59 Å². The summed E-state index contributed by atoms with van der Waals surface area (Å²) in [6.45, 7) is 2.06. The fraction of sp³-hybridized carbons (Fsp3) is 0.250. The molecule has 1 aromatic heterocycles. The fourth-order valence-electron chi connectivity index (χ4n) is 2.78. The first-order valence-corrected chi connectivity index (χ1v) is 8.52. The van der Waals surface area contributed by atoms with Gasteiger partial charge in [0.1, 0.15) is 11.6 Å². The number of halogens is 1. The number of hydrogen-bond acceptors (Lipinski definition) is 3. The molecule has 1 heterocycles. The van der Waals surface area contributed by atoms with E-state index in [9.17, 15) is 14.0 Å². The maximum atomic E-state index is 13.2. The summed E-state index contributed by atoms with van der Waals surface area (Å²) in [7, 11) is 0. The van der Waals surface area contributed by atoms with Gasteiger partial charge in [-0.15, -0.1) is 0 Å². The van der Waals surface area contributed by atoms with Crippen LogP contribution in [0, 0.1) is 12.7 Å². The third kappa shape index (κ3) is 4.33. The number of carbonyl (C=O) groups is 1. The van der Waals surface area contributed by atoms with Crippen LogP contribution in [0.4, 0.5) is 4.39 Å². The highest BCUT2D eigenvalue weighted by molar-refractivity contribution is 5.77. The summed E-state index contributed by atoms with van der Waals surface area (Å²) in [6.07, 6.45) is 1.43. The monoisotopic (exact) mass is 353 g/mol. The lowest BCUT2D eigenvalue weighted by molar-refractivity contribution is -0.121. The molecule has 2 N–H and O–H groups in total. The maximum Gasteiger partial charge on any atom is 0.258 e. The van der Waals surface area contributed by atoms with Crippen molar-refractivity contribution >= 4 is 16.8 Å². The Kier molecular flexibility index (Phi) is 5.41. The van der Waals surface area contributed by atoms with Crippen LogP contribution in [0.3, 0.4) is 0 Å². The zero-order valence-electron chi connectivity index (χ0n) is 14.5. The van der Waals surface area contributed by atoms with Crippen LogP contribution in [0.5, 0.6) is 0 Å². The van der Waals surface area contributed by atoms with Crippen LogP contribution in [0.2, 0.25) is 0 Å². The van der Waals surface area contributed by atoms with Gasteiger partial charge in [-0.25, -0.2) is 9.37 Å². The summed E-state index contributed by atoms with van der Waals surface area (Å²) in [5.41, 5.74) is 1.91. The second-order valence-corrected chi connectivity index (χ2v) is 6.24. The summed E-state index contributed by atoms with van der Waals surface area (Å²) in [4.78, 5) is 31.1. The molecular weight excluding hydrogens is 333 g/mol. The third-order valence-corrected chi connectivity index (χ3v) is 4.19. The quantitative estimate of drug-likeness (QED) is 0.715. The summed E-state index contributed by atoms with van der Waals surface area (Å²) in [5, 5.41) is 3.38. The molecule has 0 saturated carbocycles. The van der Waals surface area contributed by atoms with Crippen LogP contribution in [-0.4, -0.2) is 15.9 Å². The lowest BCUT2D eigenvalue weighted by Gasteiger charge is -2.07. The average molecular weight is 353 g/mol. The van der Waals surface area contributed by atoms with E-state index >= 15 is 0 Å². The number of H-pyrrole nitrogens is 1. The maximum absolute atomic E-state index is 13.2. The van der Waals surface area contributed by atoms with Gasteiger partial charge in [-0.2, -0.15) is 0 Å². The number of fused-ring (bicyclic) bond motifs is 1. The molecule has 0 spiro atoms. The van der Waals surface area contributed by atoms with Gasteiger partial charge in [-0.05, 0) is 42.7 Å². The van der Waals surface area contributed by atoms with Crippen LogP contribution >= 0.6 is 0 Å². The van der Waals surface area contributed by atoms with Crippen molar-refractivity contribution in [3.8, 4) is 0 Å². The van der Waals surface area contributed by atoms with Crippen molar-refractivity contribution in [2.75, 3.05) is 0 Å². The molecule has 3 aromatic rings. The Labute approximate surface area is 150 Å². The topological polar surface area (TPSA) is 74.8 Å². The molecule has 0 fully saturated rings. The number of benzene rings is 2. The second-order valence-electron chi connectivity index (χ2n) is 6.24. The summed E-state index contributed by atoms with van der Waals surface area (Å²) < 4.78 is 13.2. The van der Waals surface area contributed by atoms with E-state index in [1.165, 1.54) is 6.07 Å². The molecule has 0 saturated heterocycles. The minimum absolute atomic E-state index is 0.0879. The van der Waals surface area contributed by atoms with Crippen LogP contribution < -0.4 is 10.9 Å². The van der Waals surface area contributed by atoms with Crippen molar-refractivity contribution in [1.29, 1.82) is 0 Å². The number of para-hydroxylation sites is 1. The second kappa shape index (κ2) is 7.91. The number of aromatic amines is 1. The van der Waals surface area contributed by atoms with Crippen LogP contribution in [0.25, 0.3) is 10.9 Å². The summed E-state index contributed by atoms with van der Waals surface area (Å²) in [5.74, 6) is 0.239. The lowest BCUT2D eigenvalue weighted by atomic mass is 10.1. The molecule has 1 amide bonds. The first kappa shape index (κ1) is 17.8. The number of nitrogens with one attached hydrogen (secondary N) is 2. The third-order valence-electron chi connectivity index (χ3n) is 4.19. The van der Waals surface area contributed by atoms with E-state index in [1.807, 2.05) is 6.07 Å². The zero-order chi connectivity index (χ0) is 18.5. The highest BCUT2D eigenvalue weighted by atomic mass is 19.1. The highest BCUT2D eigenvalue weighted by Gasteiger charge is 2.06. The Morgan fingerprint density at radius 2 is 2.04 bits per heavy atom. The van der Waals surface area contributed by atoms with E-state index in [1.54, 1.807) is 37.3 Å². The molecule has 0 aliphatic carbocycles. The predicted molar refractivity (Wildman–Crippen MR) is 98.3 cm³/mol. The first-order valence-electron chi connectivity index (χ1n) is 8.52. The number of amides is 1. The van der Waals surface area contributed by atoms with Crippen molar-refractivity contribution in [1.82, 2.24) is 15.3 Å². The van der Waals surface area contributed by atoms with Crippen molar-refractivity contribution in [2.24, 2.45) is 0 Å². The standard InChI is InChI=1S/C20H20FN3O2/c1-13-11-14(9-10-16(13)21)12-22-19(25)8-4-7-18-23-17-6-3-2-5-15(17)20(26)24-18/h2-3,5-6,9-11H,4,7-8,12H2,1H3,(H,22,25)(H,23,24,26). The molecule has 6 heteroatoms. The molecular formula is C20H20FN3O2.